The first-order chi connectivity index (χ1) is 7.74. The number of anilines is 1. The lowest BCUT2D eigenvalue weighted by atomic mass is 10.5. The first-order valence-electron chi connectivity index (χ1n) is 5.08. The summed E-state index contributed by atoms with van der Waals surface area (Å²) in [6.45, 7) is 3.20. The van der Waals surface area contributed by atoms with Crippen LogP contribution < -0.4 is 14.4 Å². The van der Waals surface area contributed by atoms with Gasteiger partial charge in [0.25, 0.3) is 0 Å². The van der Waals surface area contributed by atoms with Crippen LogP contribution in [-0.4, -0.2) is 49.0 Å². The number of hydrogen-bond donors (Lipinski definition) is 1. The third kappa shape index (κ3) is 2.96. The number of methoxy groups -OCH3 is 2. The highest BCUT2D eigenvalue weighted by molar-refractivity contribution is 5.36. The number of rotatable bonds is 6. The molecule has 6 heteroatoms. The standard InChI is InChI=1S/C10H17N3O3/c1-4-13(5-6-14)10-11-8(15-2)7-9(12-10)16-3/h7,14H,4-6H2,1-3H3. The van der Waals surface area contributed by atoms with Crippen molar-refractivity contribution < 1.29 is 14.6 Å². The lowest BCUT2D eigenvalue weighted by Crippen LogP contribution is -2.28. The van der Waals surface area contributed by atoms with E-state index in [1.165, 1.54) is 14.2 Å². The molecular weight excluding hydrogens is 210 g/mol. The van der Waals surface area contributed by atoms with Crippen LogP contribution in [0.5, 0.6) is 11.8 Å². The summed E-state index contributed by atoms with van der Waals surface area (Å²) < 4.78 is 10.1. The third-order valence-electron chi connectivity index (χ3n) is 2.12. The Morgan fingerprint density at radius 1 is 1.25 bits per heavy atom. The number of aliphatic hydroxyl groups excluding tert-OH is 1. The first kappa shape index (κ1) is 12.5. The first-order valence-corrected chi connectivity index (χ1v) is 5.08. The highest BCUT2D eigenvalue weighted by Crippen LogP contribution is 2.19. The van der Waals surface area contributed by atoms with E-state index in [0.29, 0.717) is 30.8 Å². The monoisotopic (exact) mass is 227 g/mol. The molecule has 90 valence electrons. The van der Waals surface area contributed by atoms with Gasteiger partial charge >= 0.3 is 0 Å². The number of aromatic nitrogens is 2. The van der Waals surface area contributed by atoms with Crippen molar-refractivity contribution in [2.24, 2.45) is 0 Å². The molecule has 0 aliphatic heterocycles. The quantitative estimate of drug-likeness (QED) is 0.754. The SMILES string of the molecule is CCN(CCO)c1nc(OC)cc(OC)n1. The molecule has 0 aliphatic rings. The molecule has 0 aliphatic carbocycles. The van der Waals surface area contributed by atoms with Crippen molar-refractivity contribution in [1.82, 2.24) is 9.97 Å². The second-order valence-electron chi connectivity index (χ2n) is 3.06. The predicted molar refractivity (Wildman–Crippen MR) is 60.1 cm³/mol. The second-order valence-corrected chi connectivity index (χ2v) is 3.06. The Balaban J connectivity index is 3.00. The molecule has 0 amide bonds. The zero-order valence-corrected chi connectivity index (χ0v) is 9.80. The number of likely N-dealkylation sites (N-methyl/N-ethyl adjacent to an activating group) is 1. The molecule has 1 aromatic rings. The van der Waals surface area contributed by atoms with Crippen LogP contribution in [0, 0.1) is 0 Å². The molecule has 1 rings (SSSR count). The van der Waals surface area contributed by atoms with Gasteiger partial charge in [0.2, 0.25) is 17.7 Å². The van der Waals surface area contributed by atoms with E-state index in [1.54, 1.807) is 6.07 Å². The summed E-state index contributed by atoms with van der Waals surface area (Å²) in [7, 11) is 3.07. The van der Waals surface area contributed by atoms with E-state index in [4.69, 9.17) is 14.6 Å². The molecular formula is C10H17N3O3. The van der Waals surface area contributed by atoms with E-state index in [9.17, 15) is 0 Å². The molecule has 1 N–H and O–H groups in total. The largest absolute Gasteiger partial charge is 0.481 e. The van der Waals surface area contributed by atoms with Gasteiger partial charge in [0.05, 0.1) is 26.9 Å². The van der Waals surface area contributed by atoms with Crippen molar-refractivity contribution in [3.05, 3.63) is 6.07 Å². The Bertz CT molecular complexity index is 311. The summed E-state index contributed by atoms with van der Waals surface area (Å²) in [5, 5.41) is 8.92. The molecule has 0 radical (unpaired) electrons. The minimum atomic E-state index is 0.0523. The fraction of sp³-hybridized carbons (Fsp3) is 0.600. The van der Waals surface area contributed by atoms with Crippen LogP contribution in [0.3, 0.4) is 0 Å². The molecule has 16 heavy (non-hydrogen) atoms. The van der Waals surface area contributed by atoms with Gasteiger partial charge in [-0.05, 0) is 6.92 Å². The minimum absolute atomic E-state index is 0.0523. The molecule has 0 fully saturated rings. The lowest BCUT2D eigenvalue weighted by Gasteiger charge is -2.20. The van der Waals surface area contributed by atoms with Crippen molar-refractivity contribution >= 4 is 5.95 Å². The van der Waals surface area contributed by atoms with Crippen LogP contribution in [0.1, 0.15) is 6.92 Å². The van der Waals surface area contributed by atoms with Crippen LogP contribution in [-0.2, 0) is 0 Å². The van der Waals surface area contributed by atoms with Gasteiger partial charge < -0.3 is 19.5 Å². The number of nitrogens with zero attached hydrogens (tertiary/aromatic N) is 3. The molecule has 0 atom stereocenters. The molecule has 1 heterocycles. The van der Waals surface area contributed by atoms with Crippen LogP contribution >= 0.6 is 0 Å². The van der Waals surface area contributed by atoms with Crippen molar-refractivity contribution in [2.45, 2.75) is 6.92 Å². The van der Waals surface area contributed by atoms with Gasteiger partial charge in [0.1, 0.15) is 0 Å². The highest BCUT2D eigenvalue weighted by Gasteiger charge is 2.11. The van der Waals surface area contributed by atoms with E-state index in [1.807, 2.05) is 11.8 Å². The smallest absolute Gasteiger partial charge is 0.232 e. The van der Waals surface area contributed by atoms with Crippen LogP contribution in [0.15, 0.2) is 6.07 Å². The molecule has 0 bridgehead atoms. The van der Waals surface area contributed by atoms with Gasteiger partial charge in [-0.15, -0.1) is 0 Å². The van der Waals surface area contributed by atoms with Gasteiger partial charge in [0.15, 0.2) is 0 Å². The molecule has 0 saturated heterocycles. The van der Waals surface area contributed by atoms with Crippen LogP contribution in [0.25, 0.3) is 0 Å². The number of ether oxygens (including phenoxy) is 2. The Kier molecular flexibility index (Phi) is 4.78. The van der Waals surface area contributed by atoms with Crippen molar-refractivity contribution in [3.63, 3.8) is 0 Å². The van der Waals surface area contributed by atoms with Gasteiger partial charge in [-0.25, -0.2) is 0 Å². The maximum absolute atomic E-state index is 8.92. The normalized spacial score (nSPS) is 10.0. The maximum Gasteiger partial charge on any atom is 0.232 e. The Morgan fingerprint density at radius 2 is 1.81 bits per heavy atom. The summed E-state index contributed by atoms with van der Waals surface area (Å²) in [5.41, 5.74) is 0. The second kappa shape index (κ2) is 6.12. The minimum Gasteiger partial charge on any atom is -0.481 e. The number of hydrogen-bond acceptors (Lipinski definition) is 6. The summed E-state index contributed by atoms with van der Waals surface area (Å²) in [5.74, 6) is 1.38. The van der Waals surface area contributed by atoms with Gasteiger partial charge in [-0.3, -0.25) is 0 Å². The van der Waals surface area contributed by atoms with Gasteiger partial charge in [0, 0.05) is 13.1 Å². The summed E-state index contributed by atoms with van der Waals surface area (Å²) in [6.07, 6.45) is 0. The summed E-state index contributed by atoms with van der Waals surface area (Å²) >= 11 is 0. The molecule has 0 unspecified atom stereocenters. The number of aliphatic hydroxyl groups is 1. The fourth-order valence-electron chi connectivity index (χ4n) is 1.26. The molecule has 0 spiro atoms. The average Bonchev–Trinajstić information content (AvgIpc) is 2.35. The van der Waals surface area contributed by atoms with Crippen molar-refractivity contribution in [2.75, 3.05) is 38.8 Å². The van der Waals surface area contributed by atoms with E-state index >= 15 is 0 Å². The van der Waals surface area contributed by atoms with Crippen molar-refractivity contribution in [3.8, 4) is 11.8 Å². The van der Waals surface area contributed by atoms with Crippen LogP contribution in [0.4, 0.5) is 5.95 Å². The summed E-state index contributed by atoms with van der Waals surface area (Å²) in [4.78, 5) is 10.2. The zero-order chi connectivity index (χ0) is 12.0. The molecule has 0 aromatic carbocycles. The zero-order valence-electron chi connectivity index (χ0n) is 9.80. The highest BCUT2D eigenvalue weighted by atomic mass is 16.5. The van der Waals surface area contributed by atoms with E-state index in [2.05, 4.69) is 9.97 Å². The third-order valence-corrected chi connectivity index (χ3v) is 2.12. The van der Waals surface area contributed by atoms with E-state index in [-0.39, 0.29) is 6.61 Å². The van der Waals surface area contributed by atoms with Gasteiger partial charge in [-0.2, -0.15) is 9.97 Å². The molecule has 6 nitrogen and oxygen atoms in total. The Labute approximate surface area is 94.8 Å². The fourth-order valence-corrected chi connectivity index (χ4v) is 1.26. The van der Waals surface area contributed by atoms with E-state index < -0.39 is 0 Å². The van der Waals surface area contributed by atoms with Crippen molar-refractivity contribution in [1.29, 1.82) is 0 Å². The average molecular weight is 227 g/mol. The molecule has 1 aromatic heterocycles. The Hall–Kier alpha value is -1.56. The van der Waals surface area contributed by atoms with E-state index in [0.717, 1.165) is 0 Å². The van der Waals surface area contributed by atoms with Crippen LogP contribution in [0.2, 0.25) is 0 Å². The summed E-state index contributed by atoms with van der Waals surface area (Å²) in [6, 6.07) is 1.61. The Morgan fingerprint density at radius 3 is 2.19 bits per heavy atom. The maximum atomic E-state index is 8.92. The lowest BCUT2D eigenvalue weighted by molar-refractivity contribution is 0.301. The molecule has 0 saturated carbocycles. The predicted octanol–water partition coefficient (Wildman–Crippen LogP) is 0.312. The topological polar surface area (TPSA) is 67.7 Å². The van der Waals surface area contributed by atoms with Gasteiger partial charge in [-0.1, -0.05) is 0 Å².